The molecule has 8 heteroatoms. The molecule has 4 rings (SSSR count). The summed E-state index contributed by atoms with van der Waals surface area (Å²) in [6.45, 7) is 3.72. The number of sulfonamides is 1. The summed E-state index contributed by atoms with van der Waals surface area (Å²) in [5.41, 5.74) is 2.36. The van der Waals surface area contributed by atoms with Crippen molar-refractivity contribution in [2.24, 2.45) is 0 Å². The largest absolute Gasteiger partial charge is 0.462 e. The molecule has 0 aliphatic carbocycles. The summed E-state index contributed by atoms with van der Waals surface area (Å²) >= 11 is 0. The minimum Gasteiger partial charge on any atom is -0.462 e. The van der Waals surface area contributed by atoms with Gasteiger partial charge in [-0.2, -0.15) is 0 Å². The van der Waals surface area contributed by atoms with Gasteiger partial charge < -0.3 is 10.1 Å². The Morgan fingerprint density at radius 1 is 0.882 bits per heavy atom. The summed E-state index contributed by atoms with van der Waals surface area (Å²) in [4.78, 5) is 25.7. The fourth-order valence-electron chi connectivity index (χ4n) is 4.01. The lowest BCUT2D eigenvalue weighted by molar-refractivity contribution is -0.112. The van der Waals surface area contributed by atoms with Crippen LogP contribution in [-0.4, -0.2) is 33.4 Å². The first-order valence-electron chi connectivity index (χ1n) is 10.9. The van der Waals surface area contributed by atoms with Gasteiger partial charge in [0.05, 0.1) is 23.5 Å². The Bertz CT molecular complexity index is 1380. The second-order valence-electron chi connectivity index (χ2n) is 7.48. The highest BCUT2D eigenvalue weighted by molar-refractivity contribution is 7.97. The number of para-hydroxylation sites is 2. The molecule has 1 heterocycles. The van der Waals surface area contributed by atoms with Gasteiger partial charge in [-0.25, -0.2) is 13.2 Å². The van der Waals surface area contributed by atoms with Crippen molar-refractivity contribution in [2.45, 2.75) is 13.8 Å². The molecule has 1 aliphatic rings. The summed E-state index contributed by atoms with van der Waals surface area (Å²) in [7, 11) is -4.20. The number of rotatable bonds is 6. The lowest BCUT2D eigenvalue weighted by Crippen LogP contribution is -2.39. The molecule has 174 valence electrons. The van der Waals surface area contributed by atoms with E-state index in [2.05, 4.69) is 5.32 Å². The maximum atomic E-state index is 13.8. The van der Waals surface area contributed by atoms with Crippen molar-refractivity contribution >= 4 is 38.8 Å². The highest BCUT2D eigenvalue weighted by Gasteiger charge is 2.40. The minimum atomic E-state index is -4.20. The molecule has 0 saturated heterocycles. The monoisotopic (exact) mass is 476 g/mol. The first-order chi connectivity index (χ1) is 16.4. The number of esters is 1. The maximum Gasteiger partial charge on any atom is 0.340 e. The average Bonchev–Trinajstić information content (AvgIpc) is 2.83. The van der Waals surface area contributed by atoms with Crippen LogP contribution in [-0.2, 0) is 19.6 Å². The standard InChI is InChI=1S/C26H24N2O5S/c1-3-28-22-17-11-9-15-20(22)23(18-12-6-5-7-13-18)24(34(28,31)32)25(29)27-21-16-10-8-14-19(21)26(30)33-4-2/h5-17H,3-4H2,1-2H3,(H,27,29). The number of ether oxygens (including phenoxy) is 1. The van der Waals surface area contributed by atoms with Crippen molar-refractivity contribution in [3.05, 3.63) is 100 Å². The molecule has 3 aromatic rings. The Kier molecular flexibility index (Phi) is 6.51. The topological polar surface area (TPSA) is 92.8 Å². The van der Waals surface area contributed by atoms with Crippen molar-refractivity contribution < 1.29 is 22.7 Å². The van der Waals surface area contributed by atoms with E-state index < -0.39 is 21.9 Å². The van der Waals surface area contributed by atoms with E-state index in [-0.39, 0.29) is 29.3 Å². The molecule has 34 heavy (non-hydrogen) atoms. The van der Waals surface area contributed by atoms with Crippen LogP contribution in [0.1, 0.15) is 35.3 Å². The van der Waals surface area contributed by atoms with Crippen LogP contribution in [0, 0.1) is 0 Å². The highest BCUT2D eigenvalue weighted by Crippen LogP contribution is 2.42. The molecule has 0 radical (unpaired) electrons. The van der Waals surface area contributed by atoms with Gasteiger partial charge in [-0.15, -0.1) is 0 Å². The molecule has 3 aromatic carbocycles. The number of anilines is 2. The van der Waals surface area contributed by atoms with Gasteiger partial charge in [0.2, 0.25) is 0 Å². The van der Waals surface area contributed by atoms with Crippen LogP contribution < -0.4 is 9.62 Å². The molecule has 1 N–H and O–H groups in total. The zero-order valence-electron chi connectivity index (χ0n) is 18.8. The van der Waals surface area contributed by atoms with Gasteiger partial charge in [-0.05, 0) is 37.6 Å². The summed E-state index contributed by atoms with van der Waals surface area (Å²) in [6, 6.07) is 22.4. The Hall–Kier alpha value is -3.91. The molecule has 1 amide bonds. The van der Waals surface area contributed by atoms with Crippen molar-refractivity contribution in [1.29, 1.82) is 0 Å². The van der Waals surface area contributed by atoms with Gasteiger partial charge >= 0.3 is 5.97 Å². The number of nitrogens with one attached hydrogen (secondary N) is 1. The molecule has 1 aliphatic heterocycles. The molecule has 0 aromatic heterocycles. The van der Waals surface area contributed by atoms with Crippen LogP contribution in [0.15, 0.2) is 83.8 Å². The predicted octanol–water partition coefficient (Wildman–Crippen LogP) is 4.43. The average molecular weight is 477 g/mol. The van der Waals surface area contributed by atoms with E-state index in [1.165, 1.54) is 16.4 Å². The number of amides is 1. The van der Waals surface area contributed by atoms with Crippen LogP contribution in [0.4, 0.5) is 11.4 Å². The highest BCUT2D eigenvalue weighted by atomic mass is 32.2. The fourth-order valence-corrected chi connectivity index (χ4v) is 5.76. The Balaban J connectivity index is 1.93. The number of nitrogens with zero attached hydrogens (tertiary/aromatic N) is 1. The quantitative estimate of drug-likeness (QED) is 0.532. The zero-order chi connectivity index (χ0) is 24.3. The van der Waals surface area contributed by atoms with Gasteiger partial charge in [-0.1, -0.05) is 60.7 Å². The molecule has 0 saturated carbocycles. The van der Waals surface area contributed by atoms with Gasteiger partial charge in [0.15, 0.2) is 4.91 Å². The lowest BCUT2D eigenvalue weighted by atomic mass is 9.95. The second-order valence-corrected chi connectivity index (χ2v) is 9.28. The SMILES string of the molecule is CCOC(=O)c1ccccc1NC(=O)C1=C(c2ccccc2)c2ccccc2N(CC)S1(=O)=O. The summed E-state index contributed by atoms with van der Waals surface area (Å²) < 4.78 is 33.8. The van der Waals surface area contributed by atoms with Crippen molar-refractivity contribution in [3.63, 3.8) is 0 Å². The molecule has 0 spiro atoms. The number of fused-ring (bicyclic) bond motifs is 1. The number of carbonyl (C=O) groups is 2. The summed E-state index contributed by atoms with van der Waals surface area (Å²) in [6.07, 6.45) is 0. The molecular formula is C26H24N2O5S. The van der Waals surface area contributed by atoms with Crippen molar-refractivity contribution in [1.82, 2.24) is 0 Å². The van der Waals surface area contributed by atoms with E-state index in [1.54, 1.807) is 74.5 Å². The Morgan fingerprint density at radius 3 is 2.24 bits per heavy atom. The molecule has 7 nitrogen and oxygen atoms in total. The number of benzene rings is 3. The third-order valence-electron chi connectivity index (χ3n) is 5.44. The lowest BCUT2D eigenvalue weighted by Gasteiger charge is -2.32. The van der Waals surface area contributed by atoms with Crippen LogP contribution in [0.25, 0.3) is 5.57 Å². The summed E-state index contributed by atoms with van der Waals surface area (Å²) in [5.74, 6) is -1.44. The molecule has 0 bridgehead atoms. The first kappa shape index (κ1) is 23.3. The number of hydrogen-bond acceptors (Lipinski definition) is 5. The minimum absolute atomic E-state index is 0.139. The fraction of sp³-hybridized carbons (Fsp3) is 0.154. The van der Waals surface area contributed by atoms with E-state index >= 15 is 0 Å². The van der Waals surface area contributed by atoms with Crippen LogP contribution in [0.3, 0.4) is 0 Å². The molecular weight excluding hydrogens is 452 g/mol. The van der Waals surface area contributed by atoms with Crippen molar-refractivity contribution in [3.8, 4) is 0 Å². The van der Waals surface area contributed by atoms with Crippen LogP contribution in [0.2, 0.25) is 0 Å². The number of hydrogen-bond donors (Lipinski definition) is 1. The van der Waals surface area contributed by atoms with Gasteiger partial charge in [0, 0.05) is 17.7 Å². The number of carbonyl (C=O) groups excluding carboxylic acids is 2. The van der Waals surface area contributed by atoms with Gasteiger partial charge in [0.1, 0.15) is 0 Å². The van der Waals surface area contributed by atoms with E-state index in [0.717, 1.165) is 0 Å². The molecule has 0 fully saturated rings. The van der Waals surface area contributed by atoms with E-state index in [0.29, 0.717) is 22.4 Å². The Labute approximate surface area is 198 Å². The molecule has 0 atom stereocenters. The van der Waals surface area contributed by atoms with Crippen LogP contribution >= 0.6 is 0 Å². The van der Waals surface area contributed by atoms with Crippen LogP contribution in [0.5, 0.6) is 0 Å². The smallest absolute Gasteiger partial charge is 0.340 e. The third kappa shape index (κ3) is 4.08. The predicted molar refractivity (Wildman–Crippen MR) is 132 cm³/mol. The van der Waals surface area contributed by atoms with E-state index in [9.17, 15) is 18.0 Å². The van der Waals surface area contributed by atoms with Gasteiger partial charge in [-0.3, -0.25) is 9.10 Å². The maximum absolute atomic E-state index is 13.8. The Morgan fingerprint density at radius 2 is 1.53 bits per heavy atom. The van der Waals surface area contributed by atoms with Crippen molar-refractivity contribution in [2.75, 3.05) is 22.8 Å². The van der Waals surface area contributed by atoms with Gasteiger partial charge in [0.25, 0.3) is 15.9 Å². The zero-order valence-corrected chi connectivity index (χ0v) is 19.6. The third-order valence-corrected chi connectivity index (χ3v) is 7.38. The van der Waals surface area contributed by atoms with E-state index in [4.69, 9.17) is 4.74 Å². The van der Waals surface area contributed by atoms with E-state index in [1.807, 2.05) is 6.07 Å². The molecule has 0 unspecified atom stereocenters. The summed E-state index contributed by atoms with van der Waals surface area (Å²) in [5, 5.41) is 2.65. The second kappa shape index (κ2) is 9.52. The first-order valence-corrected chi connectivity index (χ1v) is 12.3. The normalized spacial score (nSPS) is 14.4.